The number of halogens is 2. The molecule has 146 valence electrons. The largest absolute Gasteiger partial charge is 0.311 e. The van der Waals surface area contributed by atoms with E-state index in [1.54, 1.807) is 12.3 Å². The Morgan fingerprint density at radius 3 is 2.38 bits per heavy atom. The highest BCUT2D eigenvalue weighted by Gasteiger charge is 2.35. The van der Waals surface area contributed by atoms with Crippen molar-refractivity contribution in [2.24, 2.45) is 5.92 Å². The first-order valence-corrected chi connectivity index (χ1v) is 9.08. The average molecular weight is 393 g/mol. The average Bonchev–Trinajstić information content (AvgIpc) is 3.10. The lowest BCUT2D eigenvalue weighted by atomic mass is 10.1. The molecule has 1 N–H and O–H groups in total. The lowest BCUT2D eigenvalue weighted by Crippen LogP contribution is -2.28. The molecule has 2 amide bonds. The molecule has 1 atom stereocenters. The van der Waals surface area contributed by atoms with Crippen LogP contribution in [0, 0.1) is 17.6 Å². The van der Waals surface area contributed by atoms with Crippen molar-refractivity contribution in [1.82, 2.24) is 4.98 Å². The number of nitrogens with one attached hydrogen (secondary N) is 1. The van der Waals surface area contributed by atoms with Crippen molar-refractivity contribution < 1.29 is 18.4 Å². The summed E-state index contributed by atoms with van der Waals surface area (Å²) in [5, 5.41) is 2.70. The highest BCUT2D eigenvalue weighted by Crippen LogP contribution is 2.27. The van der Waals surface area contributed by atoms with E-state index in [1.165, 1.54) is 4.90 Å². The van der Waals surface area contributed by atoms with Crippen LogP contribution in [0.15, 0.2) is 66.9 Å². The summed E-state index contributed by atoms with van der Waals surface area (Å²) in [6, 6.07) is 16.1. The maximum absolute atomic E-state index is 13.4. The van der Waals surface area contributed by atoms with Crippen LogP contribution >= 0.6 is 0 Å². The van der Waals surface area contributed by atoms with Crippen molar-refractivity contribution >= 4 is 23.3 Å². The van der Waals surface area contributed by atoms with Crippen molar-refractivity contribution in [3.63, 3.8) is 0 Å². The lowest BCUT2D eigenvalue weighted by Gasteiger charge is -2.17. The molecule has 0 aliphatic carbocycles. The van der Waals surface area contributed by atoms with Gasteiger partial charge in [-0.05, 0) is 29.8 Å². The fraction of sp³-hybridized carbons (Fsp3) is 0.136. The summed E-state index contributed by atoms with van der Waals surface area (Å²) in [6.07, 6.45) is 1.62. The van der Waals surface area contributed by atoms with E-state index >= 15 is 0 Å². The zero-order chi connectivity index (χ0) is 20.4. The van der Waals surface area contributed by atoms with E-state index in [-0.39, 0.29) is 30.5 Å². The van der Waals surface area contributed by atoms with Gasteiger partial charge in [-0.1, -0.05) is 30.3 Å². The van der Waals surface area contributed by atoms with Gasteiger partial charge >= 0.3 is 0 Å². The number of anilines is 2. The number of hydrogen-bond donors (Lipinski definition) is 1. The van der Waals surface area contributed by atoms with Crippen LogP contribution in [0.25, 0.3) is 11.1 Å². The van der Waals surface area contributed by atoms with Crippen LogP contribution in [0.5, 0.6) is 0 Å². The predicted molar refractivity (Wildman–Crippen MR) is 105 cm³/mol. The molecule has 3 aromatic rings. The van der Waals surface area contributed by atoms with Crippen LogP contribution in [0.1, 0.15) is 6.42 Å². The molecule has 2 heterocycles. The minimum Gasteiger partial charge on any atom is -0.311 e. The smallest absolute Gasteiger partial charge is 0.230 e. The predicted octanol–water partition coefficient (Wildman–Crippen LogP) is 4.02. The summed E-state index contributed by atoms with van der Waals surface area (Å²) in [7, 11) is 0. The van der Waals surface area contributed by atoms with Gasteiger partial charge in [0.15, 0.2) is 0 Å². The number of amides is 2. The number of hydrogen-bond acceptors (Lipinski definition) is 3. The molecule has 0 spiro atoms. The first-order chi connectivity index (χ1) is 14.0. The van der Waals surface area contributed by atoms with E-state index in [9.17, 15) is 18.4 Å². The summed E-state index contributed by atoms with van der Waals surface area (Å²) < 4.78 is 26.9. The maximum atomic E-state index is 13.4. The fourth-order valence-electron chi connectivity index (χ4n) is 3.33. The van der Waals surface area contributed by atoms with Gasteiger partial charge in [0.25, 0.3) is 0 Å². The third-order valence-corrected chi connectivity index (χ3v) is 4.78. The standard InChI is InChI=1S/C22H17F2N3O2/c23-17-9-18(24)11-19(10-17)27-13-16(8-21(27)28)22(29)26-20-7-6-15(12-25-20)14-4-2-1-3-5-14/h1-7,9-12,16H,8,13H2,(H,25,26,29). The zero-order valence-corrected chi connectivity index (χ0v) is 15.3. The summed E-state index contributed by atoms with van der Waals surface area (Å²) in [6.45, 7) is 0.0512. The molecule has 1 unspecified atom stereocenters. The van der Waals surface area contributed by atoms with Crippen LogP contribution in [0.2, 0.25) is 0 Å². The topological polar surface area (TPSA) is 62.3 Å². The van der Waals surface area contributed by atoms with E-state index < -0.39 is 17.6 Å². The van der Waals surface area contributed by atoms with Crippen LogP contribution in [0.3, 0.4) is 0 Å². The van der Waals surface area contributed by atoms with Crippen molar-refractivity contribution in [2.45, 2.75) is 6.42 Å². The van der Waals surface area contributed by atoms with E-state index in [0.717, 1.165) is 29.3 Å². The number of carbonyl (C=O) groups is 2. The monoisotopic (exact) mass is 393 g/mol. The van der Waals surface area contributed by atoms with Gasteiger partial charge in [0.2, 0.25) is 11.8 Å². The zero-order valence-electron chi connectivity index (χ0n) is 15.3. The number of aromatic nitrogens is 1. The third-order valence-electron chi connectivity index (χ3n) is 4.78. The van der Waals surface area contributed by atoms with Crippen LogP contribution in [0.4, 0.5) is 20.3 Å². The molecule has 4 rings (SSSR count). The van der Waals surface area contributed by atoms with Gasteiger partial charge in [-0.2, -0.15) is 0 Å². The summed E-state index contributed by atoms with van der Waals surface area (Å²) in [4.78, 5) is 30.3. The van der Waals surface area contributed by atoms with Gasteiger partial charge in [-0.3, -0.25) is 9.59 Å². The molecule has 1 aliphatic heterocycles. The molecule has 1 aliphatic rings. The summed E-state index contributed by atoms with van der Waals surface area (Å²) in [5.41, 5.74) is 2.03. The molecule has 0 saturated carbocycles. The Hall–Kier alpha value is -3.61. The van der Waals surface area contributed by atoms with E-state index in [0.29, 0.717) is 5.82 Å². The van der Waals surface area contributed by atoms with Crippen LogP contribution < -0.4 is 10.2 Å². The molecule has 2 aromatic carbocycles. The first kappa shape index (κ1) is 18.7. The maximum Gasteiger partial charge on any atom is 0.230 e. The van der Waals surface area contributed by atoms with Gasteiger partial charge in [-0.25, -0.2) is 13.8 Å². The molecule has 1 aromatic heterocycles. The Kier molecular flexibility index (Phi) is 5.03. The van der Waals surface area contributed by atoms with Gasteiger partial charge in [0.05, 0.1) is 5.92 Å². The highest BCUT2D eigenvalue weighted by molar-refractivity contribution is 6.03. The number of carbonyl (C=O) groups excluding carboxylic acids is 2. The molecule has 29 heavy (non-hydrogen) atoms. The summed E-state index contributed by atoms with van der Waals surface area (Å²) in [5.74, 6) is -2.53. The van der Waals surface area contributed by atoms with Gasteiger partial charge in [0.1, 0.15) is 17.5 Å². The Balaban J connectivity index is 1.43. The fourth-order valence-corrected chi connectivity index (χ4v) is 3.33. The van der Waals surface area contributed by atoms with Crippen molar-refractivity contribution in [3.05, 3.63) is 78.5 Å². The van der Waals surface area contributed by atoms with Crippen molar-refractivity contribution in [2.75, 3.05) is 16.8 Å². The summed E-state index contributed by atoms with van der Waals surface area (Å²) >= 11 is 0. The van der Waals surface area contributed by atoms with E-state index in [1.807, 2.05) is 36.4 Å². The molecule has 5 nitrogen and oxygen atoms in total. The van der Waals surface area contributed by atoms with Crippen LogP contribution in [-0.4, -0.2) is 23.3 Å². The Morgan fingerprint density at radius 1 is 1.00 bits per heavy atom. The molecule has 7 heteroatoms. The van der Waals surface area contributed by atoms with E-state index in [2.05, 4.69) is 10.3 Å². The molecule has 1 fully saturated rings. The lowest BCUT2D eigenvalue weighted by molar-refractivity contribution is -0.122. The number of nitrogens with zero attached hydrogens (tertiary/aromatic N) is 2. The molecule has 1 saturated heterocycles. The number of benzene rings is 2. The van der Waals surface area contributed by atoms with Crippen LogP contribution in [-0.2, 0) is 9.59 Å². The van der Waals surface area contributed by atoms with Gasteiger partial charge in [-0.15, -0.1) is 0 Å². The molecular formula is C22H17F2N3O2. The normalized spacial score (nSPS) is 16.1. The number of pyridine rings is 1. The Morgan fingerprint density at radius 2 is 1.72 bits per heavy atom. The van der Waals surface area contributed by atoms with E-state index in [4.69, 9.17) is 0 Å². The first-order valence-electron chi connectivity index (χ1n) is 9.08. The quantitative estimate of drug-likeness (QED) is 0.728. The second-order valence-electron chi connectivity index (χ2n) is 6.82. The Bertz CT molecular complexity index is 1040. The second kappa shape index (κ2) is 7.79. The Labute approximate surface area is 166 Å². The SMILES string of the molecule is O=C(Nc1ccc(-c2ccccc2)cn1)C1CC(=O)N(c2cc(F)cc(F)c2)C1. The third kappa shape index (κ3) is 4.13. The minimum atomic E-state index is -0.775. The molecule has 0 bridgehead atoms. The minimum absolute atomic E-state index is 0.0357. The second-order valence-corrected chi connectivity index (χ2v) is 6.82. The van der Waals surface area contributed by atoms with Crippen molar-refractivity contribution in [1.29, 1.82) is 0 Å². The van der Waals surface area contributed by atoms with Gasteiger partial charge < -0.3 is 10.2 Å². The molecular weight excluding hydrogens is 376 g/mol. The molecule has 0 radical (unpaired) electrons. The van der Waals surface area contributed by atoms with Gasteiger partial charge in [0, 0.05) is 36.5 Å². The number of rotatable bonds is 4. The van der Waals surface area contributed by atoms with Crippen molar-refractivity contribution in [3.8, 4) is 11.1 Å². The highest BCUT2D eigenvalue weighted by atomic mass is 19.1.